The van der Waals surface area contributed by atoms with Crippen molar-refractivity contribution in [2.75, 3.05) is 6.54 Å². The van der Waals surface area contributed by atoms with Gasteiger partial charge >= 0.3 is 0 Å². The van der Waals surface area contributed by atoms with E-state index >= 15 is 0 Å². The number of nitrogens with two attached hydrogens (primary N) is 1. The molecule has 17 heavy (non-hydrogen) atoms. The zero-order valence-corrected chi connectivity index (χ0v) is 10.8. The number of fused-ring (bicyclic) bond motifs is 1. The van der Waals surface area contributed by atoms with Gasteiger partial charge < -0.3 is 4.90 Å². The van der Waals surface area contributed by atoms with Gasteiger partial charge in [0.1, 0.15) is 0 Å². The molecule has 2 aliphatic rings. The Hall–Kier alpha value is -1.07. The Morgan fingerprint density at radius 2 is 2.41 bits per heavy atom. The summed E-state index contributed by atoms with van der Waals surface area (Å²) in [6, 6.07) is 3.10. The number of nitrogens with zero attached hydrogens (tertiary/aromatic N) is 2. The van der Waals surface area contributed by atoms with E-state index < -0.39 is 0 Å². The van der Waals surface area contributed by atoms with Crippen molar-refractivity contribution in [2.24, 2.45) is 10.8 Å². The molecular weight excluding hydrogens is 232 g/mol. The van der Waals surface area contributed by atoms with Crippen molar-refractivity contribution in [1.82, 2.24) is 10.3 Å². The van der Waals surface area contributed by atoms with Gasteiger partial charge in [-0.1, -0.05) is 0 Å². The third-order valence-electron chi connectivity index (χ3n) is 3.53. The van der Waals surface area contributed by atoms with Gasteiger partial charge in [0.25, 0.3) is 0 Å². The Morgan fingerprint density at radius 3 is 3.12 bits per heavy atom. The molecule has 4 nitrogen and oxygen atoms in total. The van der Waals surface area contributed by atoms with Crippen LogP contribution in [0.5, 0.6) is 0 Å². The van der Waals surface area contributed by atoms with E-state index in [1.54, 1.807) is 0 Å². The zero-order valence-electron chi connectivity index (χ0n) is 10.0. The average Bonchev–Trinajstić information content (AvgIpc) is 3.02. The molecule has 0 spiro atoms. The summed E-state index contributed by atoms with van der Waals surface area (Å²) in [5.74, 6) is 6.48. The summed E-state index contributed by atoms with van der Waals surface area (Å²) in [6.07, 6.45) is 3.51. The molecule has 0 aromatic carbocycles. The van der Waals surface area contributed by atoms with Crippen LogP contribution in [0.15, 0.2) is 16.4 Å². The van der Waals surface area contributed by atoms with Crippen LogP contribution in [0.3, 0.4) is 0 Å². The summed E-state index contributed by atoms with van der Waals surface area (Å²) in [7, 11) is 0. The predicted octanol–water partition coefficient (Wildman–Crippen LogP) is 1.65. The number of rotatable bonds is 1. The highest BCUT2D eigenvalue weighted by molar-refractivity contribution is 7.10. The second kappa shape index (κ2) is 4.31. The van der Waals surface area contributed by atoms with Crippen LogP contribution in [0.1, 0.15) is 36.2 Å². The van der Waals surface area contributed by atoms with Crippen molar-refractivity contribution < 1.29 is 0 Å². The largest absolute Gasteiger partial charge is 0.335 e. The highest BCUT2D eigenvalue weighted by Crippen LogP contribution is 2.33. The van der Waals surface area contributed by atoms with E-state index in [0.717, 1.165) is 18.9 Å². The Morgan fingerprint density at radius 1 is 1.59 bits per heavy atom. The predicted molar refractivity (Wildman–Crippen MR) is 70.9 cm³/mol. The molecule has 3 rings (SSSR count). The topological polar surface area (TPSA) is 53.6 Å². The smallest absolute Gasteiger partial charge is 0.209 e. The van der Waals surface area contributed by atoms with Gasteiger partial charge in [-0.15, -0.1) is 11.3 Å². The summed E-state index contributed by atoms with van der Waals surface area (Å²) in [5, 5.41) is 2.18. The van der Waals surface area contributed by atoms with E-state index in [2.05, 4.69) is 33.7 Å². The molecule has 1 atom stereocenters. The fourth-order valence-electron chi connectivity index (χ4n) is 2.37. The molecule has 92 valence electrons. The van der Waals surface area contributed by atoms with Crippen molar-refractivity contribution in [3.8, 4) is 0 Å². The van der Waals surface area contributed by atoms with Crippen LogP contribution in [0.25, 0.3) is 0 Å². The van der Waals surface area contributed by atoms with E-state index in [-0.39, 0.29) is 0 Å². The lowest BCUT2D eigenvalue weighted by Crippen LogP contribution is -2.48. The number of guanidine groups is 1. The summed E-state index contributed by atoms with van der Waals surface area (Å²) in [4.78, 5) is 8.44. The molecule has 1 unspecified atom stereocenters. The minimum absolute atomic E-state index is 0.374. The third kappa shape index (κ3) is 2.05. The van der Waals surface area contributed by atoms with Crippen LogP contribution in [-0.4, -0.2) is 23.4 Å². The Kier molecular flexibility index (Phi) is 2.80. The number of hydrogen-bond donors (Lipinski definition) is 2. The highest BCUT2D eigenvalue weighted by atomic mass is 32.1. The zero-order chi connectivity index (χ0) is 11.8. The van der Waals surface area contributed by atoms with E-state index in [1.807, 2.05) is 11.3 Å². The summed E-state index contributed by atoms with van der Waals surface area (Å²) >= 11 is 1.86. The SMILES string of the molecule is CC1c2ccsc2CCN1C(=NC1CC1)NN. The maximum absolute atomic E-state index is 5.62. The normalized spacial score (nSPS) is 24.7. The number of nitrogens with one attached hydrogen (secondary N) is 1. The maximum atomic E-state index is 5.62. The standard InChI is InChI=1S/C12H18N4S/c1-8-10-5-7-17-11(10)4-6-16(8)12(15-13)14-9-2-3-9/h5,7-9H,2-4,6,13H2,1H3,(H,14,15). The fraction of sp³-hybridized carbons (Fsp3) is 0.583. The molecule has 1 aliphatic carbocycles. The molecule has 1 aromatic rings. The lowest BCUT2D eigenvalue weighted by Gasteiger charge is -2.35. The second-order valence-corrected chi connectivity index (χ2v) is 5.75. The van der Waals surface area contributed by atoms with E-state index in [4.69, 9.17) is 5.84 Å². The van der Waals surface area contributed by atoms with Gasteiger partial charge in [0, 0.05) is 11.4 Å². The first-order valence-corrected chi connectivity index (χ1v) is 7.05. The summed E-state index contributed by atoms with van der Waals surface area (Å²) in [6.45, 7) is 3.23. The molecule has 1 aliphatic heterocycles. The van der Waals surface area contributed by atoms with E-state index in [0.29, 0.717) is 12.1 Å². The van der Waals surface area contributed by atoms with Crippen LogP contribution in [0.4, 0.5) is 0 Å². The van der Waals surface area contributed by atoms with Gasteiger partial charge in [0.2, 0.25) is 5.96 Å². The monoisotopic (exact) mass is 250 g/mol. The van der Waals surface area contributed by atoms with Crippen molar-refractivity contribution in [1.29, 1.82) is 0 Å². The molecule has 2 heterocycles. The van der Waals surface area contributed by atoms with Crippen LogP contribution in [-0.2, 0) is 6.42 Å². The van der Waals surface area contributed by atoms with Gasteiger partial charge in [-0.05, 0) is 43.2 Å². The minimum atomic E-state index is 0.374. The fourth-order valence-corrected chi connectivity index (χ4v) is 3.33. The van der Waals surface area contributed by atoms with Crippen LogP contribution < -0.4 is 11.3 Å². The quantitative estimate of drug-likeness (QED) is 0.345. The summed E-state index contributed by atoms with van der Waals surface area (Å²) in [5.41, 5.74) is 4.21. The van der Waals surface area contributed by atoms with Gasteiger partial charge in [-0.2, -0.15) is 0 Å². The molecule has 1 fully saturated rings. The first kappa shape index (κ1) is 11.0. The van der Waals surface area contributed by atoms with E-state index in [1.165, 1.54) is 23.3 Å². The number of aliphatic imine (C=N–C) groups is 1. The van der Waals surface area contributed by atoms with Gasteiger partial charge in [-0.25, -0.2) is 10.8 Å². The number of hydrazine groups is 1. The van der Waals surface area contributed by atoms with Crippen molar-refractivity contribution in [2.45, 2.75) is 38.3 Å². The molecule has 0 saturated heterocycles. The molecule has 5 heteroatoms. The number of thiophene rings is 1. The van der Waals surface area contributed by atoms with Crippen molar-refractivity contribution >= 4 is 17.3 Å². The average molecular weight is 250 g/mol. The van der Waals surface area contributed by atoms with Crippen molar-refractivity contribution in [3.05, 3.63) is 21.9 Å². The lowest BCUT2D eigenvalue weighted by atomic mass is 10.0. The first-order chi connectivity index (χ1) is 8.29. The number of hydrogen-bond acceptors (Lipinski definition) is 3. The highest BCUT2D eigenvalue weighted by Gasteiger charge is 2.29. The van der Waals surface area contributed by atoms with Gasteiger partial charge in [0.15, 0.2) is 0 Å². The Bertz CT molecular complexity index is 435. The Labute approximate surface area is 105 Å². The second-order valence-electron chi connectivity index (χ2n) is 4.75. The maximum Gasteiger partial charge on any atom is 0.209 e. The minimum Gasteiger partial charge on any atom is -0.335 e. The molecule has 1 saturated carbocycles. The summed E-state index contributed by atoms with van der Waals surface area (Å²) < 4.78 is 0. The molecule has 3 N–H and O–H groups in total. The molecule has 0 bridgehead atoms. The van der Waals surface area contributed by atoms with Crippen LogP contribution in [0, 0.1) is 0 Å². The molecule has 0 radical (unpaired) electrons. The van der Waals surface area contributed by atoms with Gasteiger partial charge in [-0.3, -0.25) is 5.43 Å². The molecular formula is C12H18N4S. The van der Waals surface area contributed by atoms with Crippen LogP contribution in [0.2, 0.25) is 0 Å². The molecule has 0 amide bonds. The third-order valence-corrected chi connectivity index (χ3v) is 4.53. The van der Waals surface area contributed by atoms with Crippen molar-refractivity contribution in [3.63, 3.8) is 0 Å². The van der Waals surface area contributed by atoms with E-state index in [9.17, 15) is 0 Å². The first-order valence-electron chi connectivity index (χ1n) is 6.17. The van der Waals surface area contributed by atoms with Crippen LogP contribution >= 0.6 is 11.3 Å². The lowest BCUT2D eigenvalue weighted by molar-refractivity contribution is 0.310. The Balaban J connectivity index is 1.84. The molecule has 1 aromatic heterocycles. The van der Waals surface area contributed by atoms with Gasteiger partial charge in [0.05, 0.1) is 12.1 Å².